The fraction of sp³-hybridized carbons (Fsp3) is 0.214. The first-order valence-corrected chi connectivity index (χ1v) is 13.2. The van der Waals surface area contributed by atoms with Crippen molar-refractivity contribution in [2.24, 2.45) is 0 Å². The topological polar surface area (TPSA) is 86.4 Å². The highest BCUT2D eigenvalue weighted by Crippen LogP contribution is 2.35. The minimum Gasteiger partial charge on any atom is -0.353 e. The molecule has 36 heavy (non-hydrogen) atoms. The molecule has 1 saturated heterocycles. The molecular formula is C28H25N7S. The fourth-order valence-corrected chi connectivity index (χ4v) is 5.90. The first kappa shape index (κ1) is 21.4. The predicted octanol–water partition coefficient (Wildman–Crippen LogP) is 6.28. The number of rotatable bonds is 5. The van der Waals surface area contributed by atoms with E-state index in [4.69, 9.17) is 0 Å². The van der Waals surface area contributed by atoms with Crippen molar-refractivity contribution in [2.45, 2.75) is 25.8 Å². The number of pyridine rings is 3. The summed E-state index contributed by atoms with van der Waals surface area (Å²) < 4.78 is 0. The van der Waals surface area contributed by atoms with E-state index in [0.717, 1.165) is 55.9 Å². The number of hydrogen-bond donors (Lipinski definition) is 2. The maximum absolute atomic E-state index is 4.66. The molecule has 0 amide bonds. The molecule has 0 atom stereocenters. The molecule has 0 radical (unpaired) electrons. The van der Waals surface area contributed by atoms with Gasteiger partial charge in [0.2, 0.25) is 0 Å². The van der Waals surface area contributed by atoms with Crippen LogP contribution in [0, 0.1) is 0 Å². The van der Waals surface area contributed by atoms with Gasteiger partial charge in [-0.05, 0) is 67.2 Å². The Morgan fingerprint density at radius 1 is 0.917 bits per heavy atom. The zero-order valence-electron chi connectivity index (χ0n) is 19.7. The van der Waals surface area contributed by atoms with Gasteiger partial charge in [0.25, 0.3) is 0 Å². The summed E-state index contributed by atoms with van der Waals surface area (Å²) in [6.07, 6.45) is 11.6. The number of nitrogens with zero attached hydrogens (tertiary/aromatic N) is 5. The van der Waals surface area contributed by atoms with Crippen LogP contribution >= 0.6 is 11.3 Å². The molecule has 0 unspecified atom stereocenters. The van der Waals surface area contributed by atoms with Crippen LogP contribution in [-0.4, -0.2) is 48.1 Å². The van der Waals surface area contributed by atoms with Crippen LogP contribution in [0.1, 0.15) is 24.8 Å². The number of fused-ring (bicyclic) bond motifs is 2. The van der Waals surface area contributed by atoms with Crippen molar-refractivity contribution in [2.75, 3.05) is 13.1 Å². The Bertz CT molecular complexity index is 1660. The van der Waals surface area contributed by atoms with Crippen LogP contribution in [0.3, 0.4) is 0 Å². The summed E-state index contributed by atoms with van der Waals surface area (Å²) in [6.45, 7) is 3.29. The van der Waals surface area contributed by atoms with Crippen molar-refractivity contribution in [3.8, 4) is 33.1 Å². The molecule has 7 nitrogen and oxygen atoms in total. The van der Waals surface area contributed by atoms with E-state index in [1.165, 1.54) is 37.9 Å². The molecule has 1 aliphatic rings. The molecule has 7 rings (SSSR count). The Morgan fingerprint density at radius 2 is 1.83 bits per heavy atom. The van der Waals surface area contributed by atoms with Gasteiger partial charge in [-0.3, -0.25) is 20.0 Å². The summed E-state index contributed by atoms with van der Waals surface area (Å²) >= 11 is 1.70. The largest absolute Gasteiger partial charge is 0.353 e. The summed E-state index contributed by atoms with van der Waals surface area (Å²) in [5.74, 6) is 0. The summed E-state index contributed by atoms with van der Waals surface area (Å²) in [5, 5.41) is 11.8. The van der Waals surface area contributed by atoms with Crippen LogP contribution in [0.15, 0.2) is 66.6 Å². The quantitative estimate of drug-likeness (QED) is 0.296. The van der Waals surface area contributed by atoms with Gasteiger partial charge in [-0.1, -0.05) is 12.5 Å². The molecule has 8 heteroatoms. The zero-order chi connectivity index (χ0) is 23.9. The number of piperidine rings is 1. The molecule has 1 fully saturated rings. The second-order valence-corrected chi connectivity index (χ2v) is 10.3. The van der Waals surface area contributed by atoms with Gasteiger partial charge >= 0.3 is 0 Å². The average Bonchev–Trinajstić information content (AvgIpc) is 3.68. The van der Waals surface area contributed by atoms with Gasteiger partial charge < -0.3 is 4.98 Å². The smallest absolute Gasteiger partial charge is 0.181 e. The first-order valence-electron chi connectivity index (χ1n) is 12.3. The standard InChI is InChI=1S/C28H25N7S/c1-2-8-35(9-3-1)17-18-11-19(15-29-14-18)20-12-22-26(33-34-28(22)31-16-20)24-13-21-23(32-24)6-7-30-27(21)25-5-4-10-36-25/h4-7,10-16,32H,1-3,8-9,17H2,(H,31,33,34). The lowest BCUT2D eigenvalue weighted by molar-refractivity contribution is 0.220. The minimum atomic E-state index is 0.696. The van der Waals surface area contributed by atoms with E-state index in [2.05, 4.69) is 70.7 Å². The van der Waals surface area contributed by atoms with Crippen molar-refractivity contribution in [3.63, 3.8) is 0 Å². The van der Waals surface area contributed by atoms with Crippen LogP contribution in [0.4, 0.5) is 0 Å². The highest BCUT2D eigenvalue weighted by atomic mass is 32.1. The monoisotopic (exact) mass is 491 g/mol. The SMILES string of the molecule is c1csc(-c2nccc3[nH]c(-c4[nH]nc5ncc(-c6cncc(CN7CCCCC7)c6)cc45)cc23)c1. The maximum Gasteiger partial charge on any atom is 0.181 e. The van der Waals surface area contributed by atoms with Crippen molar-refractivity contribution in [1.29, 1.82) is 0 Å². The van der Waals surface area contributed by atoms with Crippen LogP contribution < -0.4 is 0 Å². The third-order valence-corrected chi connectivity index (χ3v) is 7.84. The van der Waals surface area contributed by atoms with Crippen molar-refractivity contribution >= 4 is 33.3 Å². The maximum atomic E-state index is 4.66. The highest BCUT2D eigenvalue weighted by Gasteiger charge is 2.16. The number of nitrogens with one attached hydrogen (secondary N) is 2. The number of hydrogen-bond acceptors (Lipinski definition) is 6. The van der Waals surface area contributed by atoms with Gasteiger partial charge in [-0.2, -0.15) is 5.10 Å². The van der Waals surface area contributed by atoms with Gasteiger partial charge in [0.1, 0.15) is 0 Å². The molecule has 0 aromatic carbocycles. The summed E-state index contributed by atoms with van der Waals surface area (Å²) in [7, 11) is 0. The normalized spacial score (nSPS) is 14.7. The van der Waals surface area contributed by atoms with Crippen molar-refractivity contribution in [1.82, 2.24) is 35.0 Å². The zero-order valence-corrected chi connectivity index (χ0v) is 20.6. The van der Waals surface area contributed by atoms with Crippen molar-refractivity contribution < 1.29 is 0 Å². The summed E-state index contributed by atoms with van der Waals surface area (Å²) in [5.41, 5.74) is 7.98. The second-order valence-electron chi connectivity index (χ2n) is 9.39. The first-order chi connectivity index (χ1) is 17.8. The van der Waals surface area contributed by atoms with E-state index < -0.39 is 0 Å². The number of H-pyrrole nitrogens is 2. The fourth-order valence-electron chi connectivity index (χ4n) is 5.17. The van der Waals surface area contributed by atoms with Crippen molar-refractivity contribution in [3.05, 3.63) is 72.1 Å². The van der Waals surface area contributed by atoms with Gasteiger partial charge in [-0.25, -0.2) is 4.98 Å². The highest BCUT2D eigenvalue weighted by molar-refractivity contribution is 7.13. The second kappa shape index (κ2) is 8.96. The average molecular weight is 492 g/mol. The van der Waals surface area contributed by atoms with E-state index in [0.29, 0.717) is 5.65 Å². The lowest BCUT2D eigenvalue weighted by atomic mass is 10.0. The molecule has 7 heterocycles. The summed E-state index contributed by atoms with van der Waals surface area (Å²) in [4.78, 5) is 21.1. The molecule has 178 valence electrons. The Morgan fingerprint density at radius 3 is 2.72 bits per heavy atom. The van der Waals surface area contributed by atoms with Crippen LogP contribution in [0.25, 0.3) is 55.0 Å². The number of likely N-dealkylation sites (tertiary alicyclic amines) is 1. The van der Waals surface area contributed by atoms with E-state index in [-0.39, 0.29) is 0 Å². The molecule has 6 aromatic rings. The Labute approximate surface area is 212 Å². The van der Waals surface area contributed by atoms with E-state index >= 15 is 0 Å². The minimum absolute atomic E-state index is 0.696. The number of aromatic nitrogens is 6. The van der Waals surface area contributed by atoms with Crippen LogP contribution in [-0.2, 0) is 6.54 Å². The van der Waals surface area contributed by atoms with E-state index in [1.54, 1.807) is 11.3 Å². The van der Waals surface area contributed by atoms with Crippen LogP contribution in [0.2, 0.25) is 0 Å². The van der Waals surface area contributed by atoms with E-state index in [9.17, 15) is 0 Å². The Hall–Kier alpha value is -3.88. The molecule has 6 aromatic heterocycles. The Balaban J connectivity index is 1.26. The van der Waals surface area contributed by atoms with Crippen LogP contribution in [0.5, 0.6) is 0 Å². The number of aromatic amines is 2. The molecule has 2 N–H and O–H groups in total. The molecule has 1 aliphatic heterocycles. The molecule has 0 bridgehead atoms. The molecule has 0 saturated carbocycles. The molecule has 0 aliphatic carbocycles. The Kier molecular flexibility index (Phi) is 5.33. The van der Waals surface area contributed by atoms with Gasteiger partial charge in [0, 0.05) is 58.7 Å². The van der Waals surface area contributed by atoms with Gasteiger partial charge in [0.15, 0.2) is 5.65 Å². The molecular weight excluding hydrogens is 466 g/mol. The van der Waals surface area contributed by atoms with E-state index in [1.807, 2.05) is 30.9 Å². The third-order valence-electron chi connectivity index (χ3n) is 6.96. The van der Waals surface area contributed by atoms with Gasteiger partial charge in [-0.15, -0.1) is 11.3 Å². The predicted molar refractivity (Wildman–Crippen MR) is 145 cm³/mol. The third kappa shape index (κ3) is 3.88. The van der Waals surface area contributed by atoms with Gasteiger partial charge in [0.05, 0.1) is 22.0 Å². The lowest BCUT2D eigenvalue weighted by Gasteiger charge is -2.26. The number of thiophene rings is 1. The lowest BCUT2D eigenvalue weighted by Crippen LogP contribution is -2.29. The summed E-state index contributed by atoms with van der Waals surface area (Å²) in [6, 6.07) is 12.7. The molecule has 0 spiro atoms.